The smallest absolute Gasteiger partial charge is 0.0810 e. The first-order chi connectivity index (χ1) is 9.60. The van der Waals surface area contributed by atoms with Crippen LogP contribution in [0.25, 0.3) is 0 Å². The molecule has 0 aliphatic heterocycles. The number of halogens is 1. The van der Waals surface area contributed by atoms with Gasteiger partial charge in [0.25, 0.3) is 0 Å². The van der Waals surface area contributed by atoms with Crippen molar-refractivity contribution >= 4 is 11.6 Å². The average molecular weight is 296 g/mol. The molecule has 0 spiro atoms. The topological polar surface area (TPSA) is 21.3 Å². The van der Waals surface area contributed by atoms with E-state index in [2.05, 4.69) is 31.3 Å². The molecule has 1 aliphatic rings. The van der Waals surface area contributed by atoms with Crippen LogP contribution >= 0.6 is 11.6 Å². The molecule has 1 aromatic carbocycles. The fourth-order valence-electron chi connectivity index (χ4n) is 2.78. The van der Waals surface area contributed by atoms with Crippen LogP contribution in [0.5, 0.6) is 0 Å². The molecule has 0 atom stereocenters. The van der Waals surface area contributed by atoms with Crippen molar-refractivity contribution in [2.45, 2.75) is 64.2 Å². The average Bonchev–Trinajstić information content (AvgIpc) is 2.46. The first kappa shape index (κ1) is 15.8. The Morgan fingerprint density at radius 3 is 2.40 bits per heavy atom. The summed E-state index contributed by atoms with van der Waals surface area (Å²) in [5.74, 6) is 0. The van der Waals surface area contributed by atoms with Gasteiger partial charge in [0.1, 0.15) is 0 Å². The molecule has 112 valence electrons. The molecule has 0 unspecified atom stereocenters. The van der Waals surface area contributed by atoms with Gasteiger partial charge in [-0.15, -0.1) is 0 Å². The van der Waals surface area contributed by atoms with Crippen LogP contribution < -0.4 is 5.32 Å². The van der Waals surface area contributed by atoms with Crippen molar-refractivity contribution in [3.8, 4) is 0 Å². The van der Waals surface area contributed by atoms with E-state index in [1.165, 1.54) is 37.7 Å². The van der Waals surface area contributed by atoms with Gasteiger partial charge in [-0.2, -0.15) is 0 Å². The Kier molecular flexibility index (Phi) is 5.88. The fourth-order valence-corrected chi connectivity index (χ4v) is 2.90. The van der Waals surface area contributed by atoms with E-state index in [0.29, 0.717) is 12.6 Å². The molecule has 0 amide bonds. The summed E-state index contributed by atoms with van der Waals surface area (Å²) in [5.41, 5.74) is 1.21. The Hall–Kier alpha value is -0.570. The van der Waals surface area contributed by atoms with Gasteiger partial charge in [-0.1, -0.05) is 56.8 Å². The summed E-state index contributed by atoms with van der Waals surface area (Å²) in [6.45, 7) is 6.01. The Labute approximate surface area is 127 Å². The zero-order valence-corrected chi connectivity index (χ0v) is 13.4. The summed E-state index contributed by atoms with van der Waals surface area (Å²) in [4.78, 5) is 0. The van der Waals surface area contributed by atoms with Gasteiger partial charge in [0.05, 0.1) is 12.2 Å². The molecule has 0 aromatic heterocycles. The van der Waals surface area contributed by atoms with E-state index >= 15 is 0 Å². The molecular weight excluding hydrogens is 270 g/mol. The number of ether oxygens (including phenoxy) is 1. The minimum absolute atomic E-state index is 0.0160. The van der Waals surface area contributed by atoms with Crippen LogP contribution in [-0.4, -0.2) is 18.2 Å². The first-order valence-electron chi connectivity index (χ1n) is 7.71. The lowest BCUT2D eigenvalue weighted by molar-refractivity contribution is -0.0794. The van der Waals surface area contributed by atoms with Gasteiger partial charge in [-0.25, -0.2) is 0 Å². The molecule has 1 N–H and O–H groups in total. The maximum Gasteiger partial charge on any atom is 0.0810 e. The van der Waals surface area contributed by atoms with Gasteiger partial charge in [-0.05, 0) is 30.5 Å². The second kappa shape index (κ2) is 7.44. The Morgan fingerprint density at radius 1 is 1.15 bits per heavy atom. The second-order valence-electron chi connectivity index (χ2n) is 6.19. The number of hydrogen-bond acceptors (Lipinski definition) is 2. The molecule has 3 heteroatoms. The normalized spacial score (nSPS) is 18.4. The lowest BCUT2D eigenvalue weighted by Gasteiger charge is -2.38. The molecule has 1 saturated carbocycles. The minimum atomic E-state index is 0.0160. The maximum absolute atomic E-state index is 6.34. The zero-order valence-electron chi connectivity index (χ0n) is 12.6. The standard InChI is InChI=1S/C17H26ClNO/c1-14(2)19-13-17(10-4-3-5-11-17)20-12-15-6-8-16(18)9-7-15/h6-9,14,19H,3-5,10-13H2,1-2H3. The van der Waals surface area contributed by atoms with Crippen LogP contribution in [0.4, 0.5) is 0 Å². The van der Waals surface area contributed by atoms with Gasteiger partial charge >= 0.3 is 0 Å². The Morgan fingerprint density at radius 2 is 1.80 bits per heavy atom. The molecule has 2 rings (SSSR count). The highest BCUT2D eigenvalue weighted by molar-refractivity contribution is 6.30. The number of rotatable bonds is 6. The molecule has 0 saturated heterocycles. The van der Waals surface area contributed by atoms with Crippen LogP contribution in [0.3, 0.4) is 0 Å². The highest BCUT2D eigenvalue weighted by Gasteiger charge is 2.32. The maximum atomic E-state index is 6.34. The third kappa shape index (κ3) is 4.76. The Bertz CT molecular complexity index is 396. The van der Waals surface area contributed by atoms with Gasteiger partial charge < -0.3 is 10.1 Å². The summed E-state index contributed by atoms with van der Waals surface area (Å²) in [6.07, 6.45) is 6.23. The lowest BCUT2D eigenvalue weighted by Crippen LogP contribution is -2.46. The van der Waals surface area contributed by atoms with Gasteiger partial charge in [-0.3, -0.25) is 0 Å². The van der Waals surface area contributed by atoms with Gasteiger partial charge in [0.2, 0.25) is 0 Å². The Balaban J connectivity index is 1.94. The highest BCUT2D eigenvalue weighted by Crippen LogP contribution is 2.32. The molecular formula is C17H26ClNO. The van der Waals surface area contributed by atoms with Crippen molar-refractivity contribution in [1.82, 2.24) is 5.32 Å². The van der Waals surface area contributed by atoms with Crippen molar-refractivity contribution in [3.63, 3.8) is 0 Å². The SMILES string of the molecule is CC(C)NCC1(OCc2ccc(Cl)cc2)CCCCC1. The van der Waals surface area contributed by atoms with Crippen molar-refractivity contribution < 1.29 is 4.74 Å². The van der Waals surface area contributed by atoms with Gasteiger partial charge in [0.15, 0.2) is 0 Å². The molecule has 0 heterocycles. The van der Waals surface area contributed by atoms with E-state index in [9.17, 15) is 0 Å². The van der Waals surface area contributed by atoms with Crippen molar-refractivity contribution in [3.05, 3.63) is 34.9 Å². The number of benzene rings is 1. The molecule has 20 heavy (non-hydrogen) atoms. The molecule has 0 radical (unpaired) electrons. The third-order valence-electron chi connectivity index (χ3n) is 4.06. The number of hydrogen-bond donors (Lipinski definition) is 1. The largest absolute Gasteiger partial charge is 0.369 e. The molecule has 1 aliphatic carbocycles. The lowest BCUT2D eigenvalue weighted by atomic mass is 9.84. The van der Waals surface area contributed by atoms with Gasteiger partial charge in [0, 0.05) is 17.6 Å². The van der Waals surface area contributed by atoms with E-state index < -0.39 is 0 Å². The summed E-state index contributed by atoms with van der Waals surface area (Å²) < 4.78 is 6.34. The van der Waals surface area contributed by atoms with Crippen molar-refractivity contribution in [2.24, 2.45) is 0 Å². The van der Waals surface area contributed by atoms with E-state index in [1.54, 1.807) is 0 Å². The van der Waals surface area contributed by atoms with E-state index in [1.807, 2.05) is 12.1 Å². The third-order valence-corrected chi connectivity index (χ3v) is 4.31. The monoisotopic (exact) mass is 295 g/mol. The summed E-state index contributed by atoms with van der Waals surface area (Å²) in [5, 5.41) is 4.34. The van der Waals surface area contributed by atoms with Crippen LogP contribution in [0.15, 0.2) is 24.3 Å². The van der Waals surface area contributed by atoms with E-state index in [4.69, 9.17) is 16.3 Å². The van der Waals surface area contributed by atoms with Crippen molar-refractivity contribution in [2.75, 3.05) is 6.54 Å². The predicted molar refractivity (Wildman–Crippen MR) is 85.2 cm³/mol. The van der Waals surface area contributed by atoms with E-state index in [0.717, 1.165) is 11.6 Å². The van der Waals surface area contributed by atoms with Crippen LogP contribution in [0.2, 0.25) is 5.02 Å². The highest BCUT2D eigenvalue weighted by atomic mass is 35.5. The molecule has 2 nitrogen and oxygen atoms in total. The van der Waals surface area contributed by atoms with Crippen LogP contribution in [0.1, 0.15) is 51.5 Å². The second-order valence-corrected chi connectivity index (χ2v) is 6.63. The van der Waals surface area contributed by atoms with Crippen LogP contribution in [0, 0.1) is 0 Å². The fraction of sp³-hybridized carbons (Fsp3) is 0.647. The predicted octanol–water partition coefficient (Wildman–Crippen LogP) is 4.56. The quantitative estimate of drug-likeness (QED) is 0.831. The van der Waals surface area contributed by atoms with E-state index in [-0.39, 0.29) is 5.60 Å². The molecule has 0 bridgehead atoms. The number of nitrogens with one attached hydrogen (secondary N) is 1. The molecule has 1 aromatic rings. The van der Waals surface area contributed by atoms with Crippen molar-refractivity contribution in [1.29, 1.82) is 0 Å². The summed E-state index contributed by atoms with van der Waals surface area (Å²) in [7, 11) is 0. The first-order valence-corrected chi connectivity index (χ1v) is 8.09. The minimum Gasteiger partial charge on any atom is -0.369 e. The molecule has 1 fully saturated rings. The van der Waals surface area contributed by atoms with Crippen LogP contribution in [-0.2, 0) is 11.3 Å². The summed E-state index contributed by atoms with van der Waals surface area (Å²) in [6, 6.07) is 8.47. The summed E-state index contributed by atoms with van der Waals surface area (Å²) >= 11 is 5.92. The zero-order chi connectivity index (χ0) is 14.4.